The summed E-state index contributed by atoms with van der Waals surface area (Å²) in [6.45, 7) is 0. The monoisotopic (exact) mass is 383 g/mol. The molecule has 0 unspecified atom stereocenters. The van der Waals surface area contributed by atoms with E-state index in [0.29, 0.717) is 11.3 Å². The van der Waals surface area contributed by atoms with Gasteiger partial charge in [0, 0.05) is 16.4 Å². The van der Waals surface area contributed by atoms with Gasteiger partial charge in [0.2, 0.25) is 0 Å². The molecule has 0 fully saturated rings. The highest BCUT2D eigenvalue weighted by Gasteiger charge is 2.48. The lowest BCUT2D eigenvalue weighted by Gasteiger charge is -2.28. The number of carboxylic acid groups (broad SMARTS) is 2. The van der Waals surface area contributed by atoms with E-state index in [-0.39, 0.29) is 12.8 Å². The molecule has 0 spiro atoms. The topological polar surface area (TPSA) is 87.5 Å². The van der Waals surface area contributed by atoms with Crippen LogP contribution in [-0.2, 0) is 15.0 Å². The summed E-state index contributed by atoms with van der Waals surface area (Å²) in [4.78, 5) is 28.6. The quantitative estimate of drug-likeness (QED) is 0.538. The van der Waals surface area contributed by atoms with E-state index >= 15 is 0 Å². The number of aromatic nitrogens is 1. The fraction of sp³-hybridized carbons (Fsp3) is 0.125. The van der Waals surface area contributed by atoms with Crippen molar-refractivity contribution in [3.63, 3.8) is 0 Å². The maximum absolute atomic E-state index is 11.9. The van der Waals surface area contributed by atoms with Gasteiger partial charge in [-0.15, -0.1) is 0 Å². The fourth-order valence-corrected chi connectivity index (χ4v) is 4.70. The van der Waals surface area contributed by atoms with Crippen molar-refractivity contribution in [1.82, 2.24) is 4.98 Å². The Kier molecular flexibility index (Phi) is 3.68. The van der Waals surface area contributed by atoms with Crippen molar-refractivity contribution in [3.8, 4) is 11.3 Å². The van der Waals surface area contributed by atoms with Gasteiger partial charge in [0.1, 0.15) is 0 Å². The lowest BCUT2D eigenvalue weighted by atomic mass is 9.72. The van der Waals surface area contributed by atoms with E-state index in [0.717, 1.165) is 32.8 Å². The van der Waals surface area contributed by atoms with Crippen LogP contribution in [0.15, 0.2) is 66.7 Å². The molecule has 0 aliphatic heterocycles. The molecule has 0 saturated heterocycles. The van der Waals surface area contributed by atoms with Crippen molar-refractivity contribution in [2.45, 2.75) is 18.3 Å². The molecule has 1 aliphatic rings. The van der Waals surface area contributed by atoms with E-state index < -0.39 is 17.4 Å². The number of hydrogen-bond acceptors (Lipinski definition) is 3. The molecule has 0 radical (unpaired) electrons. The number of pyridine rings is 1. The van der Waals surface area contributed by atoms with Gasteiger partial charge in [-0.1, -0.05) is 54.6 Å². The standard InChI is InChI=1S/C24H17NO4/c26-20(27)12-24(13-21(28)29)17-10-9-14-5-1-3-7-16(14)22(17)23-18(24)11-15-6-2-4-8-19(15)25-23/h1-11H,12-13H2,(H,26,27)(H,28,29). The minimum atomic E-state index is -1.16. The first-order chi connectivity index (χ1) is 14.0. The maximum atomic E-state index is 11.9. The third-order valence-corrected chi connectivity index (χ3v) is 5.83. The summed E-state index contributed by atoms with van der Waals surface area (Å²) < 4.78 is 0. The van der Waals surface area contributed by atoms with E-state index in [1.165, 1.54) is 0 Å². The van der Waals surface area contributed by atoms with E-state index in [2.05, 4.69) is 0 Å². The van der Waals surface area contributed by atoms with Gasteiger partial charge in [0.05, 0.1) is 24.1 Å². The number of para-hydroxylation sites is 1. The Morgan fingerprint density at radius 2 is 1.45 bits per heavy atom. The van der Waals surface area contributed by atoms with Crippen LogP contribution in [0.2, 0.25) is 0 Å². The second-order valence-corrected chi connectivity index (χ2v) is 7.51. The molecule has 3 aromatic carbocycles. The summed E-state index contributed by atoms with van der Waals surface area (Å²) in [5.41, 5.74) is 2.55. The molecule has 5 nitrogen and oxygen atoms in total. The predicted molar refractivity (Wildman–Crippen MR) is 110 cm³/mol. The molecule has 0 amide bonds. The zero-order chi connectivity index (χ0) is 20.2. The Hall–Kier alpha value is -3.73. The maximum Gasteiger partial charge on any atom is 0.304 e. The number of rotatable bonds is 4. The summed E-state index contributed by atoms with van der Waals surface area (Å²) in [6.07, 6.45) is -0.616. The third-order valence-electron chi connectivity index (χ3n) is 5.83. The Morgan fingerprint density at radius 3 is 2.17 bits per heavy atom. The number of hydrogen-bond donors (Lipinski definition) is 2. The van der Waals surface area contributed by atoms with Gasteiger partial charge in [0.15, 0.2) is 0 Å². The number of carboxylic acids is 2. The Bertz CT molecular complexity index is 1310. The van der Waals surface area contributed by atoms with Crippen molar-refractivity contribution in [2.24, 2.45) is 0 Å². The molecular formula is C24H17NO4. The SMILES string of the molecule is O=C(O)CC1(CC(=O)O)c2cc3ccccc3nc2-c2c1ccc1ccccc21. The van der Waals surface area contributed by atoms with Crippen LogP contribution in [0.5, 0.6) is 0 Å². The summed E-state index contributed by atoms with van der Waals surface area (Å²) in [5.74, 6) is -2.07. The second kappa shape index (κ2) is 6.14. The van der Waals surface area contributed by atoms with Crippen molar-refractivity contribution < 1.29 is 19.8 Å². The summed E-state index contributed by atoms with van der Waals surface area (Å²) in [6, 6.07) is 21.2. The highest BCUT2D eigenvalue weighted by atomic mass is 16.4. The number of aliphatic carboxylic acids is 2. The molecule has 5 heteroatoms. The highest BCUT2D eigenvalue weighted by Crippen LogP contribution is 2.54. The second-order valence-electron chi connectivity index (χ2n) is 7.51. The zero-order valence-corrected chi connectivity index (χ0v) is 15.4. The minimum absolute atomic E-state index is 0.308. The molecule has 1 aliphatic carbocycles. The molecule has 1 aromatic heterocycles. The number of nitrogens with zero attached hydrogens (tertiary/aromatic N) is 1. The van der Waals surface area contributed by atoms with Gasteiger partial charge < -0.3 is 10.2 Å². The van der Waals surface area contributed by atoms with E-state index in [9.17, 15) is 19.8 Å². The van der Waals surface area contributed by atoms with Gasteiger partial charge in [-0.2, -0.15) is 0 Å². The van der Waals surface area contributed by atoms with Crippen molar-refractivity contribution in [3.05, 3.63) is 77.9 Å². The minimum Gasteiger partial charge on any atom is -0.481 e. The van der Waals surface area contributed by atoms with Gasteiger partial charge in [-0.3, -0.25) is 9.59 Å². The van der Waals surface area contributed by atoms with Crippen LogP contribution in [0.4, 0.5) is 0 Å². The van der Waals surface area contributed by atoms with Crippen molar-refractivity contribution >= 4 is 33.6 Å². The number of fused-ring (bicyclic) bond motifs is 6. The molecule has 0 saturated carbocycles. The van der Waals surface area contributed by atoms with Crippen LogP contribution in [-0.4, -0.2) is 27.1 Å². The van der Waals surface area contributed by atoms with Gasteiger partial charge in [-0.25, -0.2) is 4.98 Å². The van der Waals surface area contributed by atoms with Crippen LogP contribution in [0, 0.1) is 0 Å². The third kappa shape index (κ3) is 2.51. The Labute approximate surface area is 166 Å². The van der Waals surface area contributed by atoms with Gasteiger partial charge in [0.25, 0.3) is 0 Å². The average Bonchev–Trinajstić information content (AvgIpc) is 2.94. The molecule has 1 heterocycles. The first-order valence-electron chi connectivity index (χ1n) is 9.36. The Morgan fingerprint density at radius 1 is 0.793 bits per heavy atom. The van der Waals surface area contributed by atoms with E-state index in [1.807, 2.05) is 66.7 Å². The van der Waals surface area contributed by atoms with Crippen molar-refractivity contribution in [1.29, 1.82) is 0 Å². The van der Waals surface area contributed by atoms with Crippen LogP contribution >= 0.6 is 0 Å². The molecule has 0 bridgehead atoms. The molecule has 2 N–H and O–H groups in total. The normalized spacial score (nSPS) is 13.9. The molecule has 29 heavy (non-hydrogen) atoms. The highest BCUT2D eigenvalue weighted by molar-refractivity contribution is 6.04. The van der Waals surface area contributed by atoms with Crippen LogP contribution < -0.4 is 0 Å². The largest absolute Gasteiger partial charge is 0.481 e. The predicted octanol–water partition coefficient (Wildman–Crippen LogP) is 4.60. The lowest BCUT2D eigenvalue weighted by molar-refractivity contribution is -0.140. The average molecular weight is 383 g/mol. The van der Waals surface area contributed by atoms with Crippen LogP contribution in [0.25, 0.3) is 32.9 Å². The fourth-order valence-electron chi connectivity index (χ4n) is 4.70. The first-order valence-corrected chi connectivity index (χ1v) is 9.36. The number of benzene rings is 3. The van der Waals surface area contributed by atoms with E-state index in [1.54, 1.807) is 0 Å². The molecule has 4 aromatic rings. The van der Waals surface area contributed by atoms with Crippen LogP contribution in [0.1, 0.15) is 24.0 Å². The summed E-state index contributed by atoms with van der Waals surface area (Å²) in [5, 5.41) is 22.3. The van der Waals surface area contributed by atoms with Crippen molar-refractivity contribution in [2.75, 3.05) is 0 Å². The smallest absolute Gasteiger partial charge is 0.304 e. The van der Waals surface area contributed by atoms with E-state index in [4.69, 9.17) is 4.98 Å². The summed E-state index contributed by atoms with van der Waals surface area (Å²) in [7, 11) is 0. The van der Waals surface area contributed by atoms with Gasteiger partial charge >= 0.3 is 11.9 Å². The molecule has 5 rings (SSSR count). The molecule has 0 atom stereocenters. The molecular weight excluding hydrogens is 366 g/mol. The Balaban J connectivity index is 1.96. The lowest BCUT2D eigenvalue weighted by Crippen LogP contribution is -2.31. The first kappa shape index (κ1) is 17.4. The van der Waals surface area contributed by atoms with Crippen LogP contribution in [0.3, 0.4) is 0 Å². The molecule has 142 valence electrons. The van der Waals surface area contributed by atoms with Gasteiger partial charge in [-0.05, 0) is 34.0 Å². The summed E-state index contributed by atoms with van der Waals surface area (Å²) >= 11 is 0. The zero-order valence-electron chi connectivity index (χ0n) is 15.4. The number of carbonyl (C=O) groups is 2.